The second-order valence-electron chi connectivity index (χ2n) is 8.86. The Bertz CT molecular complexity index is 1360. The zero-order valence-electron chi connectivity index (χ0n) is 19.7. The Morgan fingerprint density at radius 2 is 2.06 bits per heavy atom. The molecule has 0 fully saturated rings. The second kappa shape index (κ2) is 8.52. The molecule has 0 saturated carbocycles. The van der Waals surface area contributed by atoms with Crippen molar-refractivity contribution < 1.29 is 19.4 Å². The van der Waals surface area contributed by atoms with E-state index in [1.807, 2.05) is 25.2 Å². The average Bonchev–Trinajstić information content (AvgIpc) is 3.21. The number of carbonyl (C=O) groups is 1. The van der Waals surface area contributed by atoms with Gasteiger partial charge in [0.1, 0.15) is 12.4 Å². The molecule has 0 aliphatic carbocycles. The number of aromatic nitrogens is 2. The number of carbonyl (C=O) groups excluding carboxylic acids is 1. The Hall–Kier alpha value is -3.23. The summed E-state index contributed by atoms with van der Waals surface area (Å²) >= 11 is 0. The zero-order valence-corrected chi connectivity index (χ0v) is 19.7. The summed E-state index contributed by atoms with van der Waals surface area (Å²) in [5.41, 5.74) is 2.89. The van der Waals surface area contributed by atoms with E-state index < -0.39 is 11.6 Å². The molecule has 0 amide bonds. The number of aryl methyl sites for hydroxylation is 1. The van der Waals surface area contributed by atoms with Crippen molar-refractivity contribution in [2.75, 3.05) is 20.2 Å². The first kappa shape index (κ1) is 22.6. The first-order chi connectivity index (χ1) is 16.4. The van der Waals surface area contributed by atoms with Gasteiger partial charge in [-0.2, -0.15) is 0 Å². The van der Waals surface area contributed by atoms with Gasteiger partial charge >= 0.3 is 5.97 Å². The zero-order chi connectivity index (χ0) is 24.0. The highest BCUT2D eigenvalue weighted by molar-refractivity contribution is 5.90. The van der Waals surface area contributed by atoms with E-state index in [-0.39, 0.29) is 18.6 Å². The molecule has 178 valence electrons. The van der Waals surface area contributed by atoms with Crippen LogP contribution in [0.25, 0.3) is 22.3 Å². The lowest BCUT2D eigenvalue weighted by Crippen LogP contribution is -2.44. The molecule has 8 nitrogen and oxygen atoms in total. The maximum absolute atomic E-state index is 13.4. The smallest absolute Gasteiger partial charge is 0.343 e. The summed E-state index contributed by atoms with van der Waals surface area (Å²) in [6.45, 7) is 5.58. The SMILES string of the molecule is CCc1c2c(nc3ccc(OCCCNC)cc13)-c1cc3c(c(=O)n1C2)COC(=O)[C@]3(O)CC. The highest BCUT2D eigenvalue weighted by atomic mass is 16.6. The maximum atomic E-state index is 13.4. The van der Waals surface area contributed by atoms with Crippen LogP contribution in [0.3, 0.4) is 0 Å². The quantitative estimate of drug-likeness (QED) is 0.321. The number of fused-ring (bicyclic) bond motifs is 5. The van der Waals surface area contributed by atoms with Crippen molar-refractivity contribution in [3.63, 3.8) is 0 Å². The van der Waals surface area contributed by atoms with Gasteiger partial charge in [0.15, 0.2) is 5.60 Å². The number of ether oxygens (including phenoxy) is 2. The Kier molecular flexibility index (Phi) is 5.65. The Labute approximate surface area is 197 Å². The molecule has 0 spiro atoms. The van der Waals surface area contributed by atoms with E-state index in [4.69, 9.17) is 14.5 Å². The molecular formula is C26H29N3O5. The van der Waals surface area contributed by atoms with Gasteiger partial charge in [0.05, 0.1) is 35.6 Å². The standard InChI is InChI=1S/C26H29N3O5/c1-4-16-17-11-15(33-10-6-9-27-3)7-8-21(17)28-23-18(16)13-29-22(23)12-20-19(24(29)30)14-34-25(31)26(20,32)5-2/h7-8,11-12,27,32H,4-6,9-10,13-14H2,1-3H3/t26-/m0/s1. The third-order valence-electron chi connectivity index (χ3n) is 6.97. The summed E-state index contributed by atoms with van der Waals surface area (Å²) in [4.78, 5) is 30.7. The van der Waals surface area contributed by atoms with Gasteiger partial charge in [-0.1, -0.05) is 13.8 Å². The molecule has 8 heteroatoms. The molecule has 0 radical (unpaired) electrons. The van der Waals surface area contributed by atoms with Crippen LogP contribution < -0.4 is 15.6 Å². The minimum atomic E-state index is -1.82. The summed E-state index contributed by atoms with van der Waals surface area (Å²) in [5, 5.41) is 15.2. The summed E-state index contributed by atoms with van der Waals surface area (Å²) < 4.78 is 12.8. The average molecular weight is 464 g/mol. The number of benzene rings is 1. The summed E-state index contributed by atoms with van der Waals surface area (Å²) in [5.74, 6) is 0.0832. The number of nitrogens with one attached hydrogen (secondary N) is 1. The van der Waals surface area contributed by atoms with Crippen LogP contribution in [-0.2, 0) is 34.7 Å². The number of cyclic esters (lactones) is 1. The third-order valence-corrected chi connectivity index (χ3v) is 6.97. The number of nitrogens with zero attached hydrogens (tertiary/aromatic N) is 2. The van der Waals surface area contributed by atoms with Crippen LogP contribution in [-0.4, -0.2) is 40.8 Å². The van der Waals surface area contributed by atoms with Crippen molar-refractivity contribution in [1.29, 1.82) is 0 Å². The van der Waals surface area contributed by atoms with Gasteiger partial charge in [0.2, 0.25) is 0 Å². The summed E-state index contributed by atoms with van der Waals surface area (Å²) in [6.07, 6.45) is 1.81. The highest BCUT2D eigenvalue weighted by Gasteiger charge is 2.45. The van der Waals surface area contributed by atoms with E-state index in [0.717, 1.165) is 52.9 Å². The number of aliphatic hydroxyl groups is 1. The molecule has 34 heavy (non-hydrogen) atoms. The number of hydrogen-bond donors (Lipinski definition) is 2. The molecule has 5 rings (SSSR count). The monoisotopic (exact) mass is 463 g/mol. The van der Waals surface area contributed by atoms with Crippen molar-refractivity contribution in [2.45, 2.75) is 51.9 Å². The van der Waals surface area contributed by atoms with E-state index in [0.29, 0.717) is 30.0 Å². The molecule has 2 aromatic heterocycles. The molecular weight excluding hydrogens is 434 g/mol. The van der Waals surface area contributed by atoms with E-state index in [2.05, 4.69) is 12.2 Å². The predicted molar refractivity (Wildman–Crippen MR) is 128 cm³/mol. The molecule has 1 atom stereocenters. The molecule has 0 saturated heterocycles. The molecule has 2 aliphatic heterocycles. The minimum absolute atomic E-state index is 0.122. The lowest BCUT2D eigenvalue weighted by Gasteiger charge is -2.31. The number of esters is 1. The fourth-order valence-corrected chi connectivity index (χ4v) is 5.07. The van der Waals surface area contributed by atoms with Crippen molar-refractivity contribution >= 4 is 16.9 Å². The van der Waals surface area contributed by atoms with Gasteiger partial charge < -0.3 is 24.5 Å². The van der Waals surface area contributed by atoms with Gasteiger partial charge in [-0.25, -0.2) is 9.78 Å². The predicted octanol–water partition coefficient (Wildman–Crippen LogP) is 2.63. The molecule has 0 bridgehead atoms. The molecule has 2 aliphatic rings. The van der Waals surface area contributed by atoms with Crippen molar-refractivity contribution in [3.05, 3.63) is 56.9 Å². The van der Waals surface area contributed by atoms with Gasteiger partial charge in [-0.15, -0.1) is 0 Å². The van der Waals surface area contributed by atoms with Crippen LogP contribution >= 0.6 is 0 Å². The Morgan fingerprint density at radius 1 is 1.24 bits per heavy atom. The van der Waals surface area contributed by atoms with Crippen molar-refractivity contribution in [1.82, 2.24) is 14.9 Å². The van der Waals surface area contributed by atoms with Crippen LogP contribution in [0, 0.1) is 0 Å². The minimum Gasteiger partial charge on any atom is -0.494 e. The summed E-state index contributed by atoms with van der Waals surface area (Å²) in [7, 11) is 1.92. The molecule has 1 aromatic carbocycles. The Morgan fingerprint density at radius 3 is 2.79 bits per heavy atom. The lowest BCUT2D eigenvalue weighted by molar-refractivity contribution is -0.172. The van der Waals surface area contributed by atoms with Crippen molar-refractivity contribution in [2.24, 2.45) is 0 Å². The van der Waals surface area contributed by atoms with Gasteiger partial charge in [-0.05, 0) is 62.7 Å². The lowest BCUT2D eigenvalue weighted by atomic mass is 9.86. The first-order valence-corrected chi connectivity index (χ1v) is 11.8. The fourth-order valence-electron chi connectivity index (χ4n) is 5.07. The van der Waals surface area contributed by atoms with E-state index in [1.165, 1.54) is 0 Å². The molecule has 4 heterocycles. The van der Waals surface area contributed by atoms with E-state index in [1.54, 1.807) is 17.6 Å². The topological polar surface area (TPSA) is 103 Å². The van der Waals surface area contributed by atoms with Crippen LogP contribution in [0.15, 0.2) is 29.1 Å². The van der Waals surface area contributed by atoms with E-state index >= 15 is 0 Å². The molecule has 2 N–H and O–H groups in total. The van der Waals surface area contributed by atoms with E-state index in [9.17, 15) is 14.7 Å². The molecule has 3 aromatic rings. The maximum Gasteiger partial charge on any atom is 0.343 e. The van der Waals surface area contributed by atoms with Crippen LogP contribution in [0.4, 0.5) is 0 Å². The van der Waals surface area contributed by atoms with Gasteiger partial charge in [0, 0.05) is 16.5 Å². The fraction of sp³-hybridized carbons (Fsp3) is 0.423. The highest BCUT2D eigenvalue weighted by Crippen LogP contribution is 2.40. The Balaban J connectivity index is 1.64. The van der Waals surface area contributed by atoms with Crippen LogP contribution in [0.1, 0.15) is 48.9 Å². The third kappa shape index (κ3) is 3.32. The number of hydrogen-bond acceptors (Lipinski definition) is 7. The molecule has 0 unspecified atom stereocenters. The summed E-state index contributed by atoms with van der Waals surface area (Å²) in [6, 6.07) is 7.65. The van der Waals surface area contributed by atoms with Gasteiger partial charge in [-0.3, -0.25) is 4.79 Å². The first-order valence-electron chi connectivity index (χ1n) is 11.8. The van der Waals surface area contributed by atoms with Crippen molar-refractivity contribution in [3.8, 4) is 17.1 Å². The van der Waals surface area contributed by atoms with Crippen LogP contribution in [0.2, 0.25) is 0 Å². The van der Waals surface area contributed by atoms with Gasteiger partial charge in [0.25, 0.3) is 5.56 Å². The van der Waals surface area contributed by atoms with Crippen LogP contribution in [0.5, 0.6) is 5.75 Å². The number of pyridine rings is 2. The largest absolute Gasteiger partial charge is 0.494 e. The second-order valence-corrected chi connectivity index (χ2v) is 8.86. The number of rotatable bonds is 7. The normalized spacial score (nSPS) is 18.4.